The Kier molecular flexibility index (Phi) is 3.35. The maximum absolute atomic E-state index is 5.86. The van der Waals surface area contributed by atoms with Crippen molar-refractivity contribution in [1.82, 2.24) is 15.5 Å². The molecule has 1 aliphatic carbocycles. The molecular weight excluding hydrogens is 266 g/mol. The van der Waals surface area contributed by atoms with Gasteiger partial charge in [-0.15, -0.1) is 10.2 Å². The van der Waals surface area contributed by atoms with Crippen molar-refractivity contribution in [3.05, 3.63) is 41.6 Å². The van der Waals surface area contributed by atoms with Gasteiger partial charge in [0.25, 0.3) is 5.89 Å². The van der Waals surface area contributed by atoms with Gasteiger partial charge in [0.05, 0.1) is 0 Å². The molecule has 1 unspecified atom stereocenters. The molecule has 0 spiro atoms. The number of benzene rings is 1. The van der Waals surface area contributed by atoms with Gasteiger partial charge < -0.3 is 14.5 Å². The predicted octanol–water partition coefficient (Wildman–Crippen LogP) is 2.43. The fourth-order valence-corrected chi connectivity index (χ4v) is 2.65. The van der Waals surface area contributed by atoms with Crippen LogP contribution in [0.15, 0.2) is 28.7 Å². The number of para-hydroxylation sites is 1. The fourth-order valence-electron chi connectivity index (χ4n) is 2.65. The van der Waals surface area contributed by atoms with Crippen molar-refractivity contribution >= 4 is 0 Å². The Hall–Kier alpha value is -1.88. The van der Waals surface area contributed by atoms with Crippen molar-refractivity contribution in [3.8, 4) is 5.75 Å². The van der Waals surface area contributed by atoms with Crippen molar-refractivity contribution in [3.63, 3.8) is 0 Å². The van der Waals surface area contributed by atoms with Gasteiger partial charge in [-0.3, -0.25) is 0 Å². The van der Waals surface area contributed by atoms with E-state index in [4.69, 9.17) is 9.15 Å². The van der Waals surface area contributed by atoms with Crippen LogP contribution in [0.2, 0.25) is 0 Å². The highest BCUT2D eigenvalue weighted by atomic mass is 16.5. The minimum absolute atomic E-state index is 0.131. The molecule has 1 fully saturated rings. The van der Waals surface area contributed by atoms with E-state index >= 15 is 0 Å². The van der Waals surface area contributed by atoms with E-state index < -0.39 is 0 Å². The monoisotopic (exact) mass is 285 g/mol. The van der Waals surface area contributed by atoms with Gasteiger partial charge in [0, 0.05) is 18.9 Å². The first-order valence-corrected chi connectivity index (χ1v) is 7.69. The van der Waals surface area contributed by atoms with Gasteiger partial charge in [-0.05, 0) is 37.4 Å². The minimum atomic E-state index is -0.131. The zero-order valence-corrected chi connectivity index (χ0v) is 11.9. The number of nitrogens with zero attached hydrogens (tertiary/aromatic N) is 2. The Morgan fingerprint density at radius 2 is 2.10 bits per heavy atom. The van der Waals surface area contributed by atoms with E-state index in [9.17, 15) is 0 Å². The number of aromatic nitrogens is 2. The number of nitrogens with one attached hydrogen (secondary N) is 1. The highest BCUT2D eigenvalue weighted by Gasteiger charge is 2.28. The Morgan fingerprint density at radius 3 is 2.95 bits per heavy atom. The second kappa shape index (κ2) is 5.48. The molecule has 5 nitrogen and oxygen atoms in total. The van der Waals surface area contributed by atoms with Crippen LogP contribution in [0.5, 0.6) is 5.75 Å². The van der Waals surface area contributed by atoms with E-state index in [0.717, 1.165) is 37.6 Å². The van der Waals surface area contributed by atoms with Crippen molar-refractivity contribution in [2.75, 3.05) is 6.54 Å². The molecule has 5 heteroatoms. The van der Waals surface area contributed by atoms with Gasteiger partial charge in [-0.1, -0.05) is 18.2 Å². The van der Waals surface area contributed by atoms with Gasteiger partial charge in [0.1, 0.15) is 5.75 Å². The normalized spacial score (nSPS) is 20.3. The van der Waals surface area contributed by atoms with Gasteiger partial charge in [-0.2, -0.15) is 0 Å². The molecule has 1 aromatic carbocycles. The molecular formula is C16H19N3O2. The number of aryl methyl sites for hydroxylation is 1. The molecule has 1 aromatic heterocycles. The van der Waals surface area contributed by atoms with Gasteiger partial charge in [0.2, 0.25) is 5.89 Å². The van der Waals surface area contributed by atoms with Crippen LogP contribution in [-0.4, -0.2) is 22.8 Å². The van der Waals surface area contributed by atoms with E-state index in [1.54, 1.807) is 0 Å². The zero-order valence-electron chi connectivity index (χ0n) is 11.9. The topological polar surface area (TPSA) is 60.2 Å². The summed E-state index contributed by atoms with van der Waals surface area (Å²) in [4.78, 5) is 0. The summed E-state index contributed by atoms with van der Waals surface area (Å²) in [5.41, 5.74) is 1.20. The van der Waals surface area contributed by atoms with Crippen molar-refractivity contribution in [2.24, 2.45) is 0 Å². The van der Waals surface area contributed by atoms with Gasteiger partial charge in [0.15, 0.2) is 6.10 Å². The molecule has 2 heterocycles. The van der Waals surface area contributed by atoms with E-state index in [2.05, 4.69) is 21.6 Å². The highest BCUT2D eigenvalue weighted by Crippen LogP contribution is 2.35. The van der Waals surface area contributed by atoms with Gasteiger partial charge in [-0.25, -0.2) is 0 Å². The van der Waals surface area contributed by atoms with Crippen LogP contribution in [0.4, 0.5) is 0 Å². The lowest BCUT2D eigenvalue weighted by Crippen LogP contribution is -2.17. The molecule has 0 saturated heterocycles. The van der Waals surface area contributed by atoms with Crippen LogP contribution in [-0.2, 0) is 12.8 Å². The van der Waals surface area contributed by atoms with Crippen molar-refractivity contribution in [2.45, 2.75) is 44.2 Å². The summed E-state index contributed by atoms with van der Waals surface area (Å²) in [6.07, 6.45) is 5.18. The molecule has 2 aliphatic rings. The van der Waals surface area contributed by atoms with Crippen LogP contribution in [0.25, 0.3) is 0 Å². The molecule has 0 bridgehead atoms. The summed E-state index contributed by atoms with van der Waals surface area (Å²) in [7, 11) is 0. The summed E-state index contributed by atoms with van der Waals surface area (Å²) in [6.45, 7) is 1.02. The number of hydrogen-bond acceptors (Lipinski definition) is 5. The summed E-state index contributed by atoms with van der Waals surface area (Å²) >= 11 is 0. The third-order valence-electron chi connectivity index (χ3n) is 3.98. The maximum Gasteiger partial charge on any atom is 0.257 e. The molecule has 21 heavy (non-hydrogen) atoms. The second-order valence-corrected chi connectivity index (χ2v) is 5.78. The fraction of sp³-hybridized carbons (Fsp3) is 0.500. The molecule has 0 radical (unpaired) electrons. The molecule has 2 aromatic rings. The lowest BCUT2D eigenvalue weighted by Gasteiger charge is -2.04. The summed E-state index contributed by atoms with van der Waals surface area (Å²) in [6, 6.07) is 8.82. The van der Waals surface area contributed by atoms with E-state index in [1.165, 1.54) is 18.4 Å². The lowest BCUT2D eigenvalue weighted by molar-refractivity contribution is 0.194. The zero-order chi connectivity index (χ0) is 14.1. The molecule has 0 amide bonds. The summed E-state index contributed by atoms with van der Waals surface area (Å²) in [5.74, 6) is 2.23. The third kappa shape index (κ3) is 2.93. The van der Waals surface area contributed by atoms with Crippen molar-refractivity contribution < 1.29 is 9.15 Å². The lowest BCUT2D eigenvalue weighted by atomic mass is 10.1. The van der Waals surface area contributed by atoms with E-state index in [-0.39, 0.29) is 6.10 Å². The third-order valence-corrected chi connectivity index (χ3v) is 3.98. The quantitative estimate of drug-likeness (QED) is 0.826. The number of rotatable bonds is 6. The molecule has 110 valence electrons. The van der Waals surface area contributed by atoms with Crippen LogP contribution < -0.4 is 10.1 Å². The molecule has 4 rings (SSSR count). The van der Waals surface area contributed by atoms with Crippen molar-refractivity contribution in [1.29, 1.82) is 0 Å². The first-order valence-electron chi connectivity index (χ1n) is 7.69. The van der Waals surface area contributed by atoms with Crippen LogP contribution in [0.1, 0.15) is 42.7 Å². The van der Waals surface area contributed by atoms with Gasteiger partial charge >= 0.3 is 0 Å². The minimum Gasteiger partial charge on any atom is -0.480 e. The Morgan fingerprint density at radius 1 is 1.19 bits per heavy atom. The average Bonchev–Trinajstić information content (AvgIpc) is 3.04. The first-order chi connectivity index (χ1) is 10.4. The standard InChI is InChI=1S/C16H19N3O2/c1-2-5-13-11(4-1)10-14(20-13)16-19-18-15(21-16)6-3-9-17-12-7-8-12/h1-2,4-5,12,14,17H,3,6-10H2. The van der Waals surface area contributed by atoms with E-state index in [1.807, 2.05) is 18.2 Å². The smallest absolute Gasteiger partial charge is 0.257 e. The number of fused-ring (bicyclic) bond motifs is 1. The van der Waals surface area contributed by atoms with E-state index in [0.29, 0.717) is 11.8 Å². The van der Waals surface area contributed by atoms with Crippen LogP contribution >= 0.6 is 0 Å². The Balaban J connectivity index is 1.32. The average molecular weight is 285 g/mol. The molecule has 1 saturated carbocycles. The molecule has 1 N–H and O–H groups in total. The number of ether oxygens (including phenoxy) is 1. The largest absolute Gasteiger partial charge is 0.480 e. The van der Waals surface area contributed by atoms with Crippen LogP contribution in [0, 0.1) is 0 Å². The van der Waals surface area contributed by atoms with Crippen LogP contribution in [0.3, 0.4) is 0 Å². The molecule has 1 atom stereocenters. The first kappa shape index (κ1) is 12.8. The predicted molar refractivity (Wildman–Crippen MR) is 77.2 cm³/mol. The highest BCUT2D eigenvalue weighted by molar-refractivity contribution is 5.37. The second-order valence-electron chi connectivity index (χ2n) is 5.78. The Bertz CT molecular complexity index is 596. The SMILES string of the molecule is c1ccc2c(c1)CC(c1nnc(CCCNC3CC3)o1)O2. The maximum atomic E-state index is 5.86. The molecule has 1 aliphatic heterocycles. The summed E-state index contributed by atoms with van der Waals surface area (Å²) < 4.78 is 11.6. The Labute approximate surface area is 123 Å². The summed E-state index contributed by atoms with van der Waals surface area (Å²) in [5, 5.41) is 11.8. The number of hydrogen-bond donors (Lipinski definition) is 1.